The summed E-state index contributed by atoms with van der Waals surface area (Å²) in [5, 5.41) is 11.6. The number of hydrogen-bond donors (Lipinski definition) is 1. The van der Waals surface area contributed by atoms with Crippen molar-refractivity contribution in [2.24, 2.45) is 5.16 Å². The zero-order chi connectivity index (χ0) is 15.9. The summed E-state index contributed by atoms with van der Waals surface area (Å²) >= 11 is 3.40. The van der Waals surface area contributed by atoms with Gasteiger partial charge in [0.2, 0.25) is 0 Å². The molecule has 0 fully saturated rings. The monoisotopic (exact) mass is 367 g/mol. The van der Waals surface area contributed by atoms with Gasteiger partial charge in [0.1, 0.15) is 12.4 Å². The van der Waals surface area contributed by atoms with Crippen molar-refractivity contribution in [3.8, 4) is 11.5 Å². The van der Waals surface area contributed by atoms with Crippen LogP contribution >= 0.6 is 15.9 Å². The molecule has 6 heteroatoms. The van der Waals surface area contributed by atoms with Crippen molar-refractivity contribution in [1.82, 2.24) is 0 Å². The molecule has 1 N–H and O–H groups in total. The molecule has 0 saturated heterocycles. The summed E-state index contributed by atoms with van der Waals surface area (Å²) in [4.78, 5) is 0. The van der Waals surface area contributed by atoms with Crippen LogP contribution in [0.1, 0.15) is 18.1 Å². The number of oxime groups is 1. The van der Waals surface area contributed by atoms with Crippen molar-refractivity contribution in [1.29, 1.82) is 0 Å². The predicted molar refractivity (Wildman–Crippen MR) is 85.4 cm³/mol. The minimum Gasteiger partial charge on any atom is -0.490 e. The van der Waals surface area contributed by atoms with Crippen molar-refractivity contribution in [2.75, 3.05) is 6.61 Å². The van der Waals surface area contributed by atoms with Crippen LogP contribution < -0.4 is 9.47 Å². The fourth-order valence-electron chi connectivity index (χ4n) is 1.91. The molecule has 0 aliphatic carbocycles. The van der Waals surface area contributed by atoms with E-state index in [1.165, 1.54) is 18.3 Å². The summed E-state index contributed by atoms with van der Waals surface area (Å²) in [6.45, 7) is 2.53. The number of hydrogen-bond acceptors (Lipinski definition) is 4. The van der Waals surface area contributed by atoms with Crippen LogP contribution in [0.25, 0.3) is 0 Å². The molecule has 4 nitrogen and oxygen atoms in total. The molecule has 0 bridgehead atoms. The normalized spacial score (nSPS) is 10.9. The Hall–Kier alpha value is -2.08. The summed E-state index contributed by atoms with van der Waals surface area (Å²) in [5.41, 5.74) is 1.38. The predicted octanol–water partition coefficient (Wildman–Crippen LogP) is 4.37. The van der Waals surface area contributed by atoms with E-state index in [-0.39, 0.29) is 12.4 Å². The van der Waals surface area contributed by atoms with Crippen LogP contribution in [-0.4, -0.2) is 18.0 Å². The average molecular weight is 368 g/mol. The molecule has 116 valence electrons. The lowest BCUT2D eigenvalue weighted by Crippen LogP contribution is -2.01. The van der Waals surface area contributed by atoms with Gasteiger partial charge in [0.05, 0.1) is 17.3 Å². The Bertz CT molecular complexity index is 676. The summed E-state index contributed by atoms with van der Waals surface area (Å²) in [7, 11) is 0. The summed E-state index contributed by atoms with van der Waals surface area (Å²) in [6, 6.07) is 9.66. The molecule has 0 heterocycles. The lowest BCUT2D eigenvalue weighted by molar-refractivity contribution is 0.267. The van der Waals surface area contributed by atoms with Gasteiger partial charge in [-0.1, -0.05) is 17.3 Å². The van der Waals surface area contributed by atoms with Crippen molar-refractivity contribution in [2.45, 2.75) is 13.5 Å². The van der Waals surface area contributed by atoms with E-state index in [9.17, 15) is 4.39 Å². The van der Waals surface area contributed by atoms with Crippen LogP contribution in [-0.2, 0) is 6.61 Å². The fourth-order valence-corrected chi connectivity index (χ4v) is 2.49. The van der Waals surface area contributed by atoms with Gasteiger partial charge in [-0.2, -0.15) is 0 Å². The van der Waals surface area contributed by atoms with Crippen LogP contribution in [0.4, 0.5) is 4.39 Å². The van der Waals surface area contributed by atoms with Crippen LogP contribution in [0.3, 0.4) is 0 Å². The van der Waals surface area contributed by atoms with E-state index in [0.717, 1.165) is 5.56 Å². The lowest BCUT2D eigenvalue weighted by atomic mass is 10.2. The molecule has 0 amide bonds. The molecule has 0 aromatic heterocycles. The van der Waals surface area contributed by atoms with Gasteiger partial charge in [-0.15, -0.1) is 0 Å². The van der Waals surface area contributed by atoms with Gasteiger partial charge < -0.3 is 14.7 Å². The molecule has 0 radical (unpaired) electrons. The van der Waals surface area contributed by atoms with Crippen molar-refractivity contribution in [3.05, 3.63) is 57.8 Å². The van der Waals surface area contributed by atoms with Crippen LogP contribution in [0.2, 0.25) is 0 Å². The van der Waals surface area contributed by atoms with Crippen LogP contribution in [0, 0.1) is 5.82 Å². The molecule has 0 aliphatic rings. The molecule has 0 aliphatic heterocycles. The molecular weight excluding hydrogens is 353 g/mol. The maximum absolute atomic E-state index is 13.2. The van der Waals surface area contributed by atoms with Gasteiger partial charge in [0.25, 0.3) is 0 Å². The highest BCUT2D eigenvalue weighted by Crippen LogP contribution is 2.37. The maximum atomic E-state index is 13.2. The lowest BCUT2D eigenvalue weighted by Gasteiger charge is -2.14. The molecule has 0 atom stereocenters. The maximum Gasteiger partial charge on any atom is 0.175 e. The summed E-state index contributed by atoms with van der Waals surface area (Å²) in [6.07, 6.45) is 1.30. The Balaban J connectivity index is 2.25. The smallest absolute Gasteiger partial charge is 0.175 e. The first kappa shape index (κ1) is 16.3. The fraction of sp³-hybridized carbons (Fsp3) is 0.188. The van der Waals surface area contributed by atoms with Gasteiger partial charge in [-0.05, 0) is 52.7 Å². The molecule has 2 rings (SSSR count). The molecule has 22 heavy (non-hydrogen) atoms. The first-order valence-corrected chi connectivity index (χ1v) is 7.44. The SMILES string of the molecule is CCOc1cc(/C=N/O)cc(Br)c1OCc1cccc(F)c1. The Morgan fingerprint density at radius 3 is 2.77 bits per heavy atom. The third kappa shape index (κ3) is 4.21. The summed E-state index contributed by atoms with van der Waals surface area (Å²) < 4.78 is 25.1. The highest BCUT2D eigenvalue weighted by Gasteiger charge is 2.12. The Morgan fingerprint density at radius 2 is 2.09 bits per heavy atom. The molecule has 2 aromatic rings. The van der Waals surface area contributed by atoms with Gasteiger partial charge >= 0.3 is 0 Å². The third-order valence-corrected chi connectivity index (χ3v) is 3.40. The van der Waals surface area contributed by atoms with E-state index in [1.54, 1.807) is 24.3 Å². The standard InChI is InChI=1S/C16H15BrFNO3/c1-2-21-15-8-12(9-19-20)7-14(17)16(15)22-10-11-4-3-5-13(18)6-11/h3-9,20H,2,10H2,1H3/b19-9+. The highest BCUT2D eigenvalue weighted by atomic mass is 79.9. The van der Waals surface area contributed by atoms with Gasteiger partial charge in [-0.25, -0.2) is 4.39 Å². The molecular formula is C16H15BrFNO3. The Labute approximate surface area is 136 Å². The van der Waals surface area contributed by atoms with E-state index >= 15 is 0 Å². The number of ether oxygens (including phenoxy) is 2. The van der Waals surface area contributed by atoms with Gasteiger partial charge in [0, 0.05) is 5.56 Å². The Kier molecular flexibility index (Phi) is 5.77. The van der Waals surface area contributed by atoms with Gasteiger partial charge in [-0.3, -0.25) is 0 Å². The number of halogens is 2. The van der Waals surface area contributed by atoms with Gasteiger partial charge in [0.15, 0.2) is 11.5 Å². The first-order valence-electron chi connectivity index (χ1n) is 6.65. The molecule has 0 unspecified atom stereocenters. The van der Waals surface area contributed by atoms with E-state index in [0.29, 0.717) is 28.1 Å². The molecule has 2 aromatic carbocycles. The zero-order valence-corrected chi connectivity index (χ0v) is 13.5. The third-order valence-electron chi connectivity index (χ3n) is 2.81. The van der Waals surface area contributed by atoms with E-state index < -0.39 is 0 Å². The topological polar surface area (TPSA) is 51.0 Å². The second kappa shape index (κ2) is 7.79. The number of rotatable bonds is 6. The molecule has 0 saturated carbocycles. The van der Waals surface area contributed by atoms with Crippen molar-refractivity contribution in [3.63, 3.8) is 0 Å². The minimum absolute atomic E-state index is 0.212. The highest BCUT2D eigenvalue weighted by molar-refractivity contribution is 9.10. The number of benzene rings is 2. The number of nitrogens with zero attached hydrogens (tertiary/aromatic N) is 1. The minimum atomic E-state index is -0.306. The second-order valence-electron chi connectivity index (χ2n) is 4.43. The molecule has 0 spiro atoms. The summed E-state index contributed by atoms with van der Waals surface area (Å²) in [5.74, 6) is 0.726. The van der Waals surface area contributed by atoms with Crippen molar-refractivity contribution < 1.29 is 19.1 Å². The van der Waals surface area contributed by atoms with E-state index in [1.807, 2.05) is 6.92 Å². The van der Waals surface area contributed by atoms with E-state index in [4.69, 9.17) is 14.7 Å². The Morgan fingerprint density at radius 1 is 1.27 bits per heavy atom. The van der Waals surface area contributed by atoms with E-state index in [2.05, 4.69) is 21.1 Å². The van der Waals surface area contributed by atoms with Crippen LogP contribution in [0.5, 0.6) is 11.5 Å². The largest absolute Gasteiger partial charge is 0.490 e. The van der Waals surface area contributed by atoms with Crippen molar-refractivity contribution >= 4 is 22.1 Å². The second-order valence-corrected chi connectivity index (χ2v) is 5.28. The first-order chi connectivity index (χ1) is 10.6. The zero-order valence-electron chi connectivity index (χ0n) is 11.9. The quantitative estimate of drug-likeness (QED) is 0.468. The van der Waals surface area contributed by atoms with Crippen LogP contribution in [0.15, 0.2) is 46.0 Å². The average Bonchev–Trinajstić information content (AvgIpc) is 2.47.